The van der Waals surface area contributed by atoms with Gasteiger partial charge in [0.15, 0.2) is 5.75 Å². The molecule has 1 N–H and O–H groups in total. The number of ether oxygens (including phenoxy) is 1. The quantitative estimate of drug-likeness (QED) is 0.562. The van der Waals surface area contributed by atoms with Gasteiger partial charge in [-0.2, -0.15) is 0 Å². The van der Waals surface area contributed by atoms with Crippen LogP contribution in [0.4, 0.5) is 5.69 Å². The third kappa shape index (κ3) is 4.82. The smallest absolute Gasteiger partial charge is 0.312 e. The van der Waals surface area contributed by atoms with E-state index in [9.17, 15) is 18.5 Å². The van der Waals surface area contributed by atoms with Crippen LogP contribution < -0.4 is 9.46 Å². The van der Waals surface area contributed by atoms with Crippen LogP contribution in [0.15, 0.2) is 41.3 Å². The maximum atomic E-state index is 12.3. The Morgan fingerprint density at radius 2 is 1.92 bits per heavy atom. The van der Waals surface area contributed by atoms with Crippen molar-refractivity contribution in [1.82, 2.24) is 4.72 Å². The number of benzene rings is 2. The highest BCUT2D eigenvalue weighted by Crippen LogP contribution is 2.29. The summed E-state index contributed by atoms with van der Waals surface area (Å²) in [6, 6.07) is 8.36. The predicted molar refractivity (Wildman–Crippen MR) is 95.0 cm³/mol. The molecule has 25 heavy (non-hydrogen) atoms. The van der Waals surface area contributed by atoms with Crippen LogP contribution in [0, 0.1) is 10.1 Å². The number of nitro groups is 1. The summed E-state index contributed by atoms with van der Waals surface area (Å²) in [6.07, 6.45) is 0.341. The number of halogens is 2. The van der Waals surface area contributed by atoms with E-state index in [0.717, 1.165) is 11.6 Å². The lowest BCUT2D eigenvalue weighted by Crippen LogP contribution is -2.26. The molecule has 2 rings (SSSR count). The third-order valence-electron chi connectivity index (χ3n) is 3.36. The highest BCUT2D eigenvalue weighted by molar-refractivity contribution is 7.89. The molecule has 0 aromatic heterocycles. The van der Waals surface area contributed by atoms with E-state index in [4.69, 9.17) is 27.9 Å². The minimum Gasteiger partial charge on any atom is -0.490 e. The molecular formula is C15H14Cl2N2O5S. The molecule has 0 saturated carbocycles. The van der Waals surface area contributed by atoms with Crippen molar-refractivity contribution >= 4 is 38.9 Å². The van der Waals surface area contributed by atoms with E-state index in [1.54, 1.807) is 18.2 Å². The molecule has 0 saturated heterocycles. The Morgan fingerprint density at radius 1 is 1.20 bits per heavy atom. The third-order valence-corrected chi connectivity index (χ3v) is 5.40. The lowest BCUT2D eigenvalue weighted by molar-refractivity contribution is -0.386. The van der Waals surface area contributed by atoms with Crippen molar-refractivity contribution in [1.29, 1.82) is 0 Å². The summed E-state index contributed by atoms with van der Waals surface area (Å²) in [7, 11) is -2.64. The van der Waals surface area contributed by atoms with Crippen LogP contribution in [0.1, 0.15) is 5.56 Å². The van der Waals surface area contributed by atoms with Gasteiger partial charge < -0.3 is 4.74 Å². The number of nitrogens with zero attached hydrogens (tertiary/aromatic N) is 1. The SMILES string of the molecule is COc1ccc(S(=O)(=O)NCCc2ccc(Cl)cc2Cl)cc1[N+](=O)[O-]. The largest absolute Gasteiger partial charge is 0.490 e. The summed E-state index contributed by atoms with van der Waals surface area (Å²) in [6.45, 7) is 0.0729. The lowest BCUT2D eigenvalue weighted by atomic mass is 10.1. The van der Waals surface area contributed by atoms with Gasteiger partial charge in [-0.05, 0) is 36.2 Å². The molecule has 0 aliphatic rings. The van der Waals surface area contributed by atoms with E-state index in [0.29, 0.717) is 16.5 Å². The van der Waals surface area contributed by atoms with Crippen molar-refractivity contribution < 1.29 is 18.1 Å². The Labute approximate surface area is 154 Å². The molecule has 0 spiro atoms. The first-order valence-corrected chi connectivity index (χ1v) is 9.24. The minimum atomic E-state index is -3.91. The molecule has 0 unspecified atom stereocenters. The van der Waals surface area contributed by atoms with Crippen LogP contribution in [-0.4, -0.2) is 27.0 Å². The summed E-state index contributed by atoms with van der Waals surface area (Å²) < 4.78 is 31.9. The molecule has 2 aromatic rings. The van der Waals surface area contributed by atoms with E-state index in [-0.39, 0.29) is 17.2 Å². The standard InChI is InChI=1S/C15H14Cl2N2O5S/c1-24-15-5-4-12(9-14(15)19(20)21)25(22,23)18-7-6-10-2-3-11(16)8-13(10)17/h2-5,8-9,18H,6-7H2,1H3. The van der Waals surface area contributed by atoms with Crippen LogP contribution in [0.25, 0.3) is 0 Å². The molecular weight excluding hydrogens is 391 g/mol. The Kier molecular flexibility index (Phi) is 6.23. The number of nitrogens with one attached hydrogen (secondary N) is 1. The van der Waals surface area contributed by atoms with Gasteiger partial charge in [0.05, 0.1) is 16.9 Å². The Morgan fingerprint density at radius 3 is 2.52 bits per heavy atom. The zero-order valence-corrected chi connectivity index (χ0v) is 15.4. The van der Waals surface area contributed by atoms with Crippen molar-refractivity contribution in [3.8, 4) is 5.75 Å². The number of methoxy groups -OCH3 is 1. The Hall–Kier alpha value is -1.87. The maximum Gasteiger partial charge on any atom is 0.312 e. The molecule has 0 heterocycles. The van der Waals surface area contributed by atoms with Crippen LogP contribution in [0.5, 0.6) is 5.75 Å². The first kappa shape index (κ1) is 19.5. The monoisotopic (exact) mass is 404 g/mol. The summed E-state index contributed by atoms with van der Waals surface area (Å²) in [5.41, 5.74) is 0.306. The molecule has 0 radical (unpaired) electrons. The lowest BCUT2D eigenvalue weighted by Gasteiger charge is -2.09. The molecule has 0 bridgehead atoms. The number of rotatable bonds is 7. The molecule has 10 heteroatoms. The summed E-state index contributed by atoms with van der Waals surface area (Å²) >= 11 is 11.8. The highest BCUT2D eigenvalue weighted by Gasteiger charge is 2.21. The number of sulfonamides is 1. The van der Waals surface area contributed by atoms with Crippen molar-refractivity contribution in [2.75, 3.05) is 13.7 Å². The number of hydrogen-bond donors (Lipinski definition) is 1. The van der Waals surface area contributed by atoms with Gasteiger partial charge in [-0.3, -0.25) is 10.1 Å². The summed E-state index contributed by atoms with van der Waals surface area (Å²) in [4.78, 5) is 10.1. The fourth-order valence-electron chi connectivity index (χ4n) is 2.11. The van der Waals surface area contributed by atoms with Crippen molar-refractivity contribution in [3.05, 3.63) is 62.1 Å². The van der Waals surface area contributed by atoms with E-state index >= 15 is 0 Å². The first-order chi connectivity index (χ1) is 11.7. The Balaban J connectivity index is 2.14. The van der Waals surface area contributed by atoms with Crippen molar-refractivity contribution in [3.63, 3.8) is 0 Å². The Bertz CT molecular complexity index is 903. The fourth-order valence-corrected chi connectivity index (χ4v) is 3.66. The topological polar surface area (TPSA) is 98.5 Å². The van der Waals surface area contributed by atoms with E-state index in [1.165, 1.54) is 19.2 Å². The second kappa shape index (κ2) is 8.01. The predicted octanol–water partition coefficient (Wildman–Crippen LogP) is 3.43. The van der Waals surface area contributed by atoms with Crippen LogP contribution in [0.3, 0.4) is 0 Å². The van der Waals surface area contributed by atoms with E-state index < -0.39 is 20.6 Å². The zero-order valence-electron chi connectivity index (χ0n) is 13.0. The second-order valence-corrected chi connectivity index (χ2v) is 7.58. The van der Waals surface area contributed by atoms with Crippen LogP contribution in [-0.2, 0) is 16.4 Å². The number of hydrogen-bond acceptors (Lipinski definition) is 5. The van der Waals surface area contributed by atoms with Gasteiger partial charge in [0.25, 0.3) is 0 Å². The molecule has 0 aliphatic carbocycles. The molecule has 0 fully saturated rings. The number of nitro benzene ring substituents is 1. The van der Waals surface area contributed by atoms with Gasteiger partial charge in [0.1, 0.15) is 0 Å². The molecule has 7 nitrogen and oxygen atoms in total. The molecule has 0 amide bonds. The van der Waals surface area contributed by atoms with Gasteiger partial charge in [0.2, 0.25) is 10.0 Å². The minimum absolute atomic E-state index is 0.0168. The van der Waals surface area contributed by atoms with Gasteiger partial charge >= 0.3 is 5.69 Å². The summed E-state index contributed by atoms with van der Waals surface area (Å²) in [5.74, 6) is -0.0168. The molecule has 0 aliphatic heterocycles. The summed E-state index contributed by atoms with van der Waals surface area (Å²) in [5, 5.41) is 11.9. The maximum absolute atomic E-state index is 12.3. The van der Waals surface area contributed by atoms with Gasteiger partial charge in [-0.25, -0.2) is 13.1 Å². The molecule has 0 atom stereocenters. The fraction of sp³-hybridized carbons (Fsp3) is 0.200. The molecule has 134 valence electrons. The van der Waals surface area contributed by atoms with Gasteiger partial charge in [-0.15, -0.1) is 0 Å². The normalized spacial score (nSPS) is 11.3. The van der Waals surface area contributed by atoms with Gasteiger partial charge in [-0.1, -0.05) is 29.3 Å². The second-order valence-electron chi connectivity index (χ2n) is 4.97. The zero-order chi connectivity index (χ0) is 18.6. The van der Waals surface area contributed by atoms with E-state index in [2.05, 4.69) is 4.72 Å². The average Bonchev–Trinajstić information content (AvgIpc) is 2.56. The molecule has 2 aromatic carbocycles. The van der Waals surface area contributed by atoms with Crippen molar-refractivity contribution in [2.45, 2.75) is 11.3 Å². The van der Waals surface area contributed by atoms with Gasteiger partial charge in [0, 0.05) is 22.7 Å². The van der Waals surface area contributed by atoms with E-state index in [1.807, 2.05) is 0 Å². The highest BCUT2D eigenvalue weighted by atomic mass is 35.5. The van der Waals surface area contributed by atoms with Crippen LogP contribution >= 0.6 is 23.2 Å². The average molecular weight is 405 g/mol. The first-order valence-electron chi connectivity index (χ1n) is 7.00. The van der Waals surface area contributed by atoms with Crippen LogP contribution in [0.2, 0.25) is 10.0 Å². The van der Waals surface area contributed by atoms with Crippen molar-refractivity contribution in [2.24, 2.45) is 0 Å².